The fourth-order valence-corrected chi connectivity index (χ4v) is 3.56. The molecule has 1 aliphatic heterocycles. The number of rotatable bonds is 8. The third-order valence-electron chi connectivity index (χ3n) is 3.96. The van der Waals surface area contributed by atoms with Crippen molar-refractivity contribution in [3.63, 3.8) is 0 Å². The molecule has 1 unspecified atom stereocenters. The Hall–Kier alpha value is -2.05. The Bertz CT molecular complexity index is 840. The highest BCUT2D eigenvalue weighted by atomic mass is 32.7. The fraction of sp³-hybridized carbons (Fsp3) is 0.538. The molecule has 2 heterocycles. The number of aromatic amines is 1. The van der Waals surface area contributed by atoms with Gasteiger partial charge in [0.2, 0.25) is 0 Å². The average Bonchev–Trinajstić information content (AvgIpc) is 2.88. The summed E-state index contributed by atoms with van der Waals surface area (Å²) in [7, 11) is -1.24. The van der Waals surface area contributed by atoms with E-state index in [1.807, 2.05) is 4.98 Å². The first-order chi connectivity index (χ1) is 12.6. The van der Waals surface area contributed by atoms with E-state index in [1.54, 1.807) is 0 Å². The van der Waals surface area contributed by atoms with Crippen molar-refractivity contribution in [1.29, 1.82) is 0 Å². The lowest BCUT2D eigenvalue weighted by atomic mass is 9.97. The molecule has 1 aromatic heterocycles. The first kappa shape index (κ1) is 21.3. The van der Waals surface area contributed by atoms with Gasteiger partial charge in [-0.25, -0.2) is 4.79 Å². The Morgan fingerprint density at radius 1 is 1.37 bits per heavy atom. The van der Waals surface area contributed by atoms with Crippen molar-refractivity contribution in [1.82, 2.24) is 9.55 Å². The van der Waals surface area contributed by atoms with E-state index in [0.29, 0.717) is 0 Å². The quantitative estimate of drug-likeness (QED) is 0.245. The number of carboxylic acids is 2. The number of H-pyrrole nitrogens is 1. The summed E-state index contributed by atoms with van der Waals surface area (Å²) in [6.45, 7) is 0. The van der Waals surface area contributed by atoms with E-state index in [4.69, 9.17) is 24.2 Å². The fourth-order valence-electron chi connectivity index (χ4n) is 2.77. The molecule has 14 heteroatoms. The maximum atomic E-state index is 12.0. The minimum atomic E-state index is -2.48. The van der Waals surface area contributed by atoms with E-state index < -0.39 is 67.3 Å². The topological polar surface area (TPSA) is 174 Å². The summed E-state index contributed by atoms with van der Waals surface area (Å²) in [6, 6.07) is 1.05. The van der Waals surface area contributed by atoms with Crippen LogP contribution in [0.3, 0.4) is 0 Å². The molecule has 3 N–H and O–H groups in total. The molecular formula is C13H16N2O10PS+. The van der Waals surface area contributed by atoms with Crippen LogP contribution in [0.25, 0.3) is 0 Å². The van der Waals surface area contributed by atoms with Gasteiger partial charge in [-0.15, -0.1) is 4.52 Å². The van der Waals surface area contributed by atoms with Crippen LogP contribution in [-0.2, 0) is 28.2 Å². The number of carboxylic acid groups (broad SMARTS) is 2. The van der Waals surface area contributed by atoms with Crippen molar-refractivity contribution in [2.24, 2.45) is 5.92 Å². The molecule has 2 rings (SSSR count). The minimum absolute atomic E-state index is 0.541. The van der Waals surface area contributed by atoms with Gasteiger partial charge in [-0.2, -0.15) is 0 Å². The van der Waals surface area contributed by atoms with E-state index in [2.05, 4.69) is 12.2 Å². The number of aromatic nitrogens is 2. The summed E-state index contributed by atoms with van der Waals surface area (Å²) in [4.78, 5) is 47.6. The van der Waals surface area contributed by atoms with Crippen LogP contribution in [0.15, 0.2) is 21.9 Å². The SMILES string of the molecule is CO[C@@H]1[C@H](O[P+](=O)S)[C@@H](CC(C(=O)O)C(=O)O)O[C@H]1n1ccc(=O)[nH]c1=O. The molecule has 5 atom stereocenters. The van der Waals surface area contributed by atoms with E-state index in [9.17, 15) is 23.7 Å². The largest absolute Gasteiger partial charge is 0.582 e. The van der Waals surface area contributed by atoms with Gasteiger partial charge in [0.15, 0.2) is 18.2 Å². The van der Waals surface area contributed by atoms with E-state index in [-0.39, 0.29) is 0 Å². The van der Waals surface area contributed by atoms with Gasteiger partial charge in [0.1, 0.15) is 18.4 Å². The van der Waals surface area contributed by atoms with Crippen LogP contribution in [-0.4, -0.2) is 57.1 Å². The second kappa shape index (κ2) is 8.76. The molecule has 0 spiro atoms. The van der Waals surface area contributed by atoms with Gasteiger partial charge in [-0.1, -0.05) is 0 Å². The number of nitrogens with one attached hydrogen (secondary N) is 1. The van der Waals surface area contributed by atoms with Crippen LogP contribution >= 0.6 is 19.5 Å². The van der Waals surface area contributed by atoms with Crippen molar-refractivity contribution < 1.29 is 38.4 Å². The molecule has 0 radical (unpaired) electrons. The number of hydrogen-bond acceptors (Lipinski definition) is 8. The molecule has 148 valence electrons. The summed E-state index contributed by atoms with van der Waals surface area (Å²) in [6.07, 6.45) is -4.04. The summed E-state index contributed by atoms with van der Waals surface area (Å²) in [5, 5.41) is 18.2. The second-order valence-corrected chi connectivity index (χ2v) is 7.22. The zero-order chi connectivity index (χ0) is 20.3. The average molecular weight is 423 g/mol. The Morgan fingerprint density at radius 3 is 2.48 bits per heavy atom. The van der Waals surface area contributed by atoms with Gasteiger partial charge in [-0.05, 0) is 4.57 Å². The minimum Gasteiger partial charge on any atom is -0.481 e. The molecule has 0 aromatic carbocycles. The smallest absolute Gasteiger partial charge is 0.481 e. The van der Waals surface area contributed by atoms with Gasteiger partial charge in [0.25, 0.3) is 5.56 Å². The Labute approximate surface area is 157 Å². The van der Waals surface area contributed by atoms with Crippen LogP contribution in [0.2, 0.25) is 0 Å². The molecule has 0 amide bonds. The monoisotopic (exact) mass is 423 g/mol. The summed E-state index contributed by atoms with van der Waals surface area (Å²) in [5.41, 5.74) is -1.49. The van der Waals surface area contributed by atoms with Crippen molar-refractivity contribution in [2.75, 3.05) is 7.11 Å². The van der Waals surface area contributed by atoms with E-state index in [0.717, 1.165) is 16.8 Å². The summed E-state index contributed by atoms with van der Waals surface area (Å²) < 4.78 is 28.4. The third-order valence-corrected chi connectivity index (χ3v) is 4.67. The van der Waals surface area contributed by atoms with E-state index >= 15 is 0 Å². The number of nitrogens with zero attached hydrogens (tertiary/aromatic N) is 1. The van der Waals surface area contributed by atoms with E-state index in [1.165, 1.54) is 7.11 Å². The zero-order valence-corrected chi connectivity index (χ0v) is 15.5. The second-order valence-electron chi connectivity index (χ2n) is 5.56. The molecule has 12 nitrogen and oxygen atoms in total. The van der Waals surface area contributed by atoms with Gasteiger partial charge in [0.05, 0.1) is 6.10 Å². The van der Waals surface area contributed by atoms with Crippen LogP contribution in [0.4, 0.5) is 0 Å². The molecule has 0 aliphatic carbocycles. The van der Waals surface area contributed by atoms with Crippen LogP contribution in [0.1, 0.15) is 12.6 Å². The molecular weight excluding hydrogens is 407 g/mol. The predicted octanol–water partition coefficient (Wildman–Crippen LogP) is -0.403. The number of aliphatic carboxylic acids is 2. The van der Waals surface area contributed by atoms with Crippen molar-refractivity contribution in [3.8, 4) is 0 Å². The normalized spacial score (nSPS) is 25.5. The molecule has 0 saturated carbocycles. The highest BCUT2D eigenvalue weighted by Crippen LogP contribution is 2.41. The first-order valence-electron chi connectivity index (χ1n) is 7.44. The van der Waals surface area contributed by atoms with Crippen molar-refractivity contribution in [2.45, 2.75) is 31.0 Å². The Morgan fingerprint density at radius 2 is 2.00 bits per heavy atom. The highest BCUT2D eigenvalue weighted by Gasteiger charge is 2.52. The summed E-state index contributed by atoms with van der Waals surface area (Å²) >= 11 is 3.64. The van der Waals surface area contributed by atoms with Crippen LogP contribution < -0.4 is 11.2 Å². The predicted molar refractivity (Wildman–Crippen MR) is 90.9 cm³/mol. The number of carbonyl (C=O) groups is 2. The molecule has 27 heavy (non-hydrogen) atoms. The molecule has 1 saturated heterocycles. The molecule has 0 bridgehead atoms. The van der Waals surface area contributed by atoms with Crippen molar-refractivity contribution >= 4 is 31.4 Å². The van der Waals surface area contributed by atoms with Gasteiger partial charge < -0.3 is 19.7 Å². The van der Waals surface area contributed by atoms with Gasteiger partial charge in [-0.3, -0.25) is 23.9 Å². The highest BCUT2D eigenvalue weighted by molar-refractivity contribution is 8.39. The Kier molecular flexibility index (Phi) is 6.89. The zero-order valence-electron chi connectivity index (χ0n) is 13.8. The molecule has 1 aromatic rings. The first-order valence-corrected chi connectivity index (χ1v) is 9.77. The van der Waals surface area contributed by atoms with Gasteiger partial charge >= 0.3 is 24.9 Å². The lowest BCUT2D eigenvalue weighted by molar-refractivity contribution is -0.157. The third kappa shape index (κ3) is 4.82. The number of hydrogen-bond donors (Lipinski definition) is 4. The van der Waals surface area contributed by atoms with Crippen LogP contribution in [0, 0.1) is 5.92 Å². The molecule has 1 aliphatic rings. The number of ether oxygens (including phenoxy) is 2. The van der Waals surface area contributed by atoms with Crippen molar-refractivity contribution in [3.05, 3.63) is 33.1 Å². The number of thiol groups is 1. The van der Waals surface area contributed by atoms with Crippen LogP contribution in [0.5, 0.6) is 0 Å². The maximum Gasteiger partial charge on any atom is 0.582 e. The maximum absolute atomic E-state index is 12.0. The standard InChI is InChI=1S/C13H15N2O10PS/c1-23-9-8(25-26(22)27)6(4-5(11(17)18)12(19)20)24-10(9)15-3-2-7(16)14-13(15)21/h2-3,5-6,8-10H,4H2,1H3,(H3-,14,16,17,18,19,20,21,22,27)/p+1/t6-,8-,9-,10-/m1/s1. The summed E-state index contributed by atoms with van der Waals surface area (Å²) in [5.74, 6) is -5.03. The molecule has 1 fully saturated rings. The van der Waals surface area contributed by atoms with Gasteiger partial charge in [0, 0.05) is 25.8 Å². The number of methoxy groups -OCH3 is 1. The Balaban J connectivity index is 2.41. The lowest BCUT2D eigenvalue weighted by Gasteiger charge is -2.20. The lowest BCUT2D eigenvalue weighted by Crippen LogP contribution is -2.39.